The maximum absolute atomic E-state index is 2.45. The lowest BCUT2D eigenvalue weighted by Crippen LogP contribution is -2.12. The van der Waals surface area contributed by atoms with Crippen molar-refractivity contribution in [3.63, 3.8) is 0 Å². The van der Waals surface area contributed by atoms with Gasteiger partial charge in [-0.2, -0.15) is 0 Å². The lowest BCUT2D eigenvalue weighted by Gasteiger charge is -2.30. The van der Waals surface area contributed by atoms with Crippen molar-refractivity contribution < 1.29 is 0 Å². The molecule has 2 heteroatoms. The molecule has 0 unspecified atom stereocenters. The number of anilines is 3. The molecule has 0 bridgehead atoms. The molecule has 310 valence electrons. The summed E-state index contributed by atoms with van der Waals surface area (Å²) in [6.45, 7) is 0. The predicted octanol–water partition coefficient (Wildman–Crippen LogP) is 17.7. The molecule has 0 radical (unpaired) electrons. The quantitative estimate of drug-likeness (QED) is 0.141. The lowest BCUT2D eigenvalue weighted by molar-refractivity contribution is 1.18. The summed E-state index contributed by atoms with van der Waals surface area (Å²) in [4.78, 5) is 2.45. The molecule has 2 nitrogen and oxygen atoms in total. The third-order valence-electron chi connectivity index (χ3n) is 13.0. The molecule has 0 aliphatic heterocycles. The van der Waals surface area contributed by atoms with Crippen LogP contribution < -0.4 is 4.90 Å². The molecule has 0 saturated heterocycles. The highest BCUT2D eigenvalue weighted by molar-refractivity contribution is 6.17. The van der Waals surface area contributed by atoms with Gasteiger partial charge < -0.3 is 9.47 Å². The van der Waals surface area contributed by atoms with E-state index in [0.29, 0.717) is 0 Å². The van der Waals surface area contributed by atoms with Crippen LogP contribution in [-0.2, 0) is 0 Å². The molecule has 1 heterocycles. The monoisotopic (exact) mass is 840 g/mol. The molecule has 0 aliphatic rings. The standard InChI is InChI=1S/C64H44N2/c1-3-19-49(20-4-1)54-24-9-13-29-59(54)65(53-42-40-47(41-43-53)46-34-36-48(37-35-46)52-39-38-45-18-7-8-23-51(45)44-52)61-31-15-11-26-56(61)57-28-17-33-63-64(57)58-27-12-16-32-62(58)66(63)60-30-14-10-25-55(60)50-21-5-2-6-22-50/h1-44H. The molecule has 0 spiro atoms. The van der Waals surface area contributed by atoms with Gasteiger partial charge in [0.25, 0.3) is 0 Å². The molecule has 0 aliphatic carbocycles. The second-order valence-corrected chi connectivity index (χ2v) is 16.9. The van der Waals surface area contributed by atoms with E-state index in [2.05, 4.69) is 276 Å². The van der Waals surface area contributed by atoms with Crippen LogP contribution in [0.25, 0.3) is 93.9 Å². The second kappa shape index (κ2) is 16.8. The van der Waals surface area contributed by atoms with E-state index >= 15 is 0 Å². The summed E-state index contributed by atoms with van der Waals surface area (Å²) in [5.41, 5.74) is 18.6. The van der Waals surface area contributed by atoms with E-state index in [9.17, 15) is 0 Å². The van der Waals surface area contributed by atoms with Crippen molar-refractivity contribution in [3.05, 3.63) is 267 Å². The van der Waals surface area contributed by atoms with E-state index in [0.717, 1.165) is 33.9 Å². The average Bonchev–Trinajstić information content (AvgIpc) is 3.74. The zero-order valence-electron chi connectivity index (χ0n) is 36.3. The number of fused-ring (bicyclic) bond motifs is 4. The Morgan fingerprint density at radius 3 is 1.48 bits per heavy atom. The number of aromatic nitrogens is 1. The van der Waals surface area contributed by atoms with Gasteiger partial charge in [0.1, 0.15) is 0 Å². The Labute approximate surface area is 385 Å². The van der Waals surface area contributed by atoms with Gasteiger partial charge in [-0.25, -0.2) is 0 Å². The molecule has 0 fully saturated rings. The van der Waals surface area contributed by atoms with Crippen LogP contribution in [0.3, 0.4) is 0 Å². The summed E-state index contributed by atoms with van der Waals surface area (Å²) < 4.78 is 2.45. The molecule has 11 aromatic carbocycles. The second-order valence-electron chi connectivity index (χ2n) is 16.9. The van der Waals surface area contributed by atoms with Gasteiger partial charge in [0.05, 0.1) is 28.1 Å². The van der Waals surface area contributed by atoms with E-state index in [1.807, 2.05) is 0 Å². The van der Waals surface area contributed by atoms with E-state index in [1.54, 1.807) is 0 Å². The van der Waals surface area contributed by atoms with Crippen molar-refractivity contribution in [1.29, 1.82) is 0 Å². The van der Waals surface area contributed by atoms with E-state index in [-0.39, 0.29) is 0 Å². The first-order valence-electron chi connectivity index (χ1n) is 22.7. The minimum Gasteiger partial charge on any atom is -0.309 e. The fraction of sp³-hybridized carbons (Fsp3) is 0. The van der Waals surface area contributed by atoms with Crippen LogP contribution in [-0.4, -0.2) is 4.57 Å². The molecule has 0 atom stereocenters. The number of hydrogen-bond donors (Lipinski definition) is 0. The minimum atomic E-state index is 1.08. The number of hydrogen-bond acceptors (Lipinski definition) is 1. The Balaban J connectivity index is 1.01. The van der Waals surface area contributed by atoms with E-state index < -0.39 is 0 Å². The van der Waals surface area contributed by atoms with Crippen molar-refractivity contribution >= 4 is 49.6 Å². The maximum Gasteiger partial charge on any atom is 0.0547 e. The summed E-state index contributed by atoms with van der Waals surface area (Å²) in [6, 6.07) is 96.9. The molecule has 0 N–H and O–H groups in total. The van der Waals surface area contributed by atoms with Gasteiger partial charge in [0.15, 0.2) is 0 Å². The lowest BCUT2D eigenvalue weighted by atomic mass is 9.95. The summed E-state index contributed by atoms with van der Waals surface area (Å²) in [5.74, 6) is 0. The van der Waals surface area contributed by atoms with Crippen LogP contribution in [0.15, 0.2) is 267 Å². The van der Waals surface area contributed by atoms with Crippen LogP contribution in [0.5, 0.6) is 0 Å². The fourth-order valence-electron chi connectivity index (χ4n) is 9.90. The van der Waals surface area contributed by atoms with E-state index in [1.165, 1.54) is 77.1 Å². The highest BCUT2D eigenvalue weighted by Gasteiger charge is 2.24. The summed E-state index contributed by atoms with van der Waals surface area (Å²) in [7, 11) is 0. The molecule has 12 aromatic rings. The van der Waals surface area contributed by atoms with Crippen molar-refractivity contribution in [3.8, 4) is 61.3 Å². The highest BCUT2D eigenvalue weighted by Crippen LogP contribution is 2.48. The third-order valence-corrected chi connectivity index (χ3v) is 13.0. The summed E-state index contributed by atoms with van der Waals surface area (Å²) in [5, 5.41) is 4.95. The van der Waals surface area contributed by atoms with Crippen molar-refractivity contribution in [2.24, 2.45) is 0 Å². The van der Waals surface area contributed by atoms with Gasteiger partial charge in [-0.3, -0.25) is 0 Å². The van der Waals surface area contributed by atoms with Crippen LogP contribution >= 0.6 is 0 Å². The zero-order chi connectivity index (χ0) is 43.8. The minimum absolute atomic E-state index is 1.08. The van der Waals surface area contributed by atoms with Crippen LogP contribution in [0.4, 0.5) is 17.1 Å². The highest BCUT2D eigenvalue weighted by atomic mass is 15.1. The van der Waals surface area contributed by atoms with Crippen molar-refractivity contribution in [2.45, 2.75) is 0 Å². The molecule has 0 amide bonds. The first-order chi connectivity index (χ1) is 32.8. The van der Waals surface area contributed by atoms with E-state index in [4.69, 9.17) is 0 Å². The smallest absolute Gasteiger partial charge is 0.0547 e. The number of rotatable bonds is 9. The Hall–Kier alpha value is -8.72. The molecular formula is C64H44N2. The SMILES string of the molecule is c1ccc(-c2ccccc2N(c2ccc(-c3ccc(-c4ccc5ccccc5c4)cc3)cc2)c2ccccc2-c2cccc3c2c2ccccc2n3-c2ccccc2-c2ccccc2)cc1. The number of benzene rings is 11. The molecule has 1 aromatic heterocycles. The van der Waals surface area contributed by atoms with Gasteiger partial charge in [0.2, 0.25) is 0 Å². The Kier molecular flexibility index (Phi) is 9.89. The molecule has 66 heavy (non-hydrogen) atoms. The maximum atomic E-state index is 2.45. The first-order valence-corrected chi connectivity index (χ1v) is 22.7. The Bertz CT molecular complexity index is 3680. The number of para-hydroxylation sites is 4. The van der Waals surface area contributed by atoms with Crippen LogP contribution in [0.1, 0.15) is 0 Å². The Morgan fingerprint density at radius 2 is 0.758 bits per heavy atom. The molecule has 0 saturated carbocycles. The molecule has 12 rings (SSSR count). The van der Waals surface area contributed by atoms with Crippen molar-refractivity contribution in [2.75, 3.05) is 4.90 Å². The van der Waals surface area contributed by atoms with Gasteiger partial charge in [-0.15, -0.1) is 0 Å². The molecular weight excluding hydrogens is 797 g/mol. The van der Waals surface area contributed by atoms with Gasteiger partial charge in [-0.1, -0.05) is 218 Å². The summed E-state index contributed by atoms with van der Waals surface area (Å²) in [6.07, 6.45) is 0. The third kappa shape index (κ3) is 6.93. The van der Waals surface area contributed by atoms with Gasteiger partial charge >= 0.3 is 0 Å². The first kappa shape index (κ1) is 38.9. The topological polar surface area (TPSA) is 8.17 Å². The average molecular weight is 841 g/mol. The van der Waals surface area contributed by atoms with Crippen LogP contribution in [0, 0.1) is 0 Å². The van der Waals surface area contributed by atoms with Gasteiger partial charge in [-0.05, 0) is 98.2 Å². The largest absolute Gasteiger partial charge is 0.309 e. The predicted molar refractivity (Wildman–Crippen MR) is 280 cm³/mol. The fourth-order valence-corrected chi connectivity index (χ4v) is 9.90. The summed E-state index contributed by atoms with van der Waals surface area (Å²) >= 11 is 0. The van der Waals surface area contributed by atoms with Crippen LogP contribution in [0.2, 0.25) is 0 Å². The Morgan fingerprint density at radius 1 is 0.273 bits per heavy atom. The van der Waals surface area contributed by atoms with Gasteiger partial charge in [0, 0.05) is 33.2 Å². The van der Waals surface area contributed by atoms with Crippen molar-refractivity contribution in [1.82, 2.24) is 4.57 Å². The number of nitrogens with zero attached hydrogens (tertiary/aromatic N) is 2. The zero-order valence-corrected chi connectivity index (χ0v) is 36.3. The normalized spacial score (nSPS) is 11.3.